The molecular weight excluding hydrogens is 462 g/mol. The van der Waals surface area contributed by atoms with Crippen molar-refractivity contribution in [3.05, 3.63) is 58.6 Å². The number of hydrogen-bond donors (Lipinski definition) is 0. The first-order valence-corrected chi connectivity index (χ1v) is 12.4. The van der Waals surface area contributed by atoms with Crippen molar-refractivity contribution in [3.63, 3.8) is 0 Å². The molecule has 3 rings (SSSR count). The molecular formula is C25H26ClNO5S. The monoisotopic (exact) mass is 487 g/mol. The maximum absolute atomic E-state index is 12.9. The van der Waals surface area contributed by atoms with Gasteiger partial charge in [0.15, 0.2) is 17.3 Å². The lowest BCUT2D eigenvalue weighted by molar-refractivity contribution is 0.104. The minimum Gasteiger partial charge on any atom is -0.493 e. The summed E-state index contributed by atoms with van der Waals surface area (Å²) >= 11 is 6.26. The molecule has 2 aromatic rings. The van der Waals surface area contributed by atoms with E-state index in [-0.39, 0.29) is 17.3 Å². The standard InChI is InChI=1S/C25H26ClNO5S/c1-3-16-32-25-22(26)17-19(18-24(25)31-2)8-13-23(28)20-9-11-21(12-10-20)33(29,30)27-14-6-4-5-7-15-27/h1,8-13,17-18H,4-7,14-16H2,2H3. The largest absolute Gasteiger partial charge is 0.493 e. The van der Waals surface area contributed by atoms with Gasteiger partial charge in [0.25, 0.3) is 0 Å². The normalized spacial score (nSPS) is 15.1. The van der Waals surface area contributed by atoms with Crippen LogP contribution in [0.2, 0.25) is 5.02 Å². The van der Waals surface area contributed by atoms with Gasteiger partial charge in [0.1, 0.15) is 6.61 Å². The van der Waals surface area contributed by atoms with Gasteiger partial charge in [0.2, 0.25) is 10.0 Å². The van der Waals surface area contributed by atoms with Gasteiger partial charge in [0.05, 0.1) is 17.0 Å². The number of allylic oxidation sites excluding steroid dienone is 1. The number of hydrogen-bond acceptors (Lipinski definition) is 5. The van der Waals surface area contributed by atoms with Crippen LogP contribution in [-0.4, -0.2) is 45.3 Å². The predicted octanol–water partition coefficient (Wildman–Crippen LogP) is 4.82. The van der Waals surface area contributed by atoms with Gasteiger partial charge < -0.3 is 9.47 Å². The molecule has 0 radical (unpaired) electrons. The fraction of sp³-hybridized carbons (Fsp3) is 0.320. The molecule has 1 aliphatic rings. The number of methoxy groups -OCH3 is 1. The summed E-state index contributed by atoms with van der Waals surface area (Å²) in [4.78, 5) is 12.8. The fourth-order valence-electron chi connectivity index (χ4n) is 3.58. The molecule has 0 unspecified atom stereocenters. The molecule has 8 heteroatoms. The summed E-state index contributed by atoms with van der Waals surface area (Å²) in [5.41, 5.74) is 1.02. The lowest BCUT2D eigenvalue weighted by Crippen LogP contribution is -2.31. The van der Waals surface area contributed by atoms with Crippen molar-refractivity contribution < 1.29 is 22.7 Å². The second kappa shape index (κ2) is 11.4. The van der Waals surface area contributed by atoms with Crippen molar-refractivity contribution in [2.24, 2.45) is 0 Å². The Kier molecular flexibility index (Phi) is 8.56. The van der Waals surface area contributed by atoms with E-state index >= 15 is 0 Å². The average molecular weight is 488 g/mol. The Balaban J connectivity index is 1.74. The number of ether oxygens (including phenoxy) is 2. The number of nitrogens with zero attached hydrogens (tertiary/aromatic N) is 1. The topological polar surface area (TPSA) is 72.9 Å². The van der Waals surface area contributed by atoms with Gasteiger partial charge in [0, 0.05) is 18.7 Å². The maximum atomic E-state index is 12.9. The number of carbonyl (C=O) groups is 1. The van der Waals surface area contributed by atoms with Crippen LogP contribution in [0.3, 0.4) is 0 Å². The summed E-state index contributed by atoms with van der Waals surface area (Å²) in [5.74, 6) is 2.83. The van der Waals surface area contributed by atoms with E-state index in [0.717, 1.165) is 25.7 Å². The quantitative estimate of drug-likeness (QED) is 0.303. The number of sulfonamides is 1. The lowest BCUT2D eigenvalue weighted by Gasteiger charge is -2.19. The van der Waals surface area contributed by atoms with Gasteiger partial charge in [-0.25, -0.2) is 8.42 Å². The third-order valence-corrected chi connectivity index (χ3v) is 7.51. The van der Waals surface area contributed by atoms with Crippen molar-refractivity contribution in [1.82, 2.24) is 4.31 Å². The Morgan fingerprint density at radius 3 is 2.42 bits per heavy atom. The van der Waals surface area contributed by atoms with Crippen LogP contribution in [0, 0.1) is 12.3 Å². The second-order valence-corrected chi connectivity index (χ2v) is 9.91. The van der Waals surface area contributed by atoms with E-state index in [9.17, 15) is 13.2 Å². The fourth-order valence-corrected chi connectivity index (χ4v) is 5.37. The van der Waals surface area contributed by atoms with Gasteiger partial charge >= 0.3 is 0 Å². The molecule has 33 heavy (non-hydrogen) atoms. The Hall–Kier alpha value is -2.79. The summed E-state index contributed by atoms with van der Waals surface area (Å²) < 4.78 is 38.0. The molecule has 0 aromatic heterocycles. The van der Waals surface area contributed by atoms with Crippen LogP contribution >= 0.6 is 11.6 Å². The minimum absolute atomic E-state index is 0.0488. The van der Waals surface area contributed by atoms with Crippen LogP contribution in [0.1, 0.15) is 41.6 Å². The van der Waals surface area contributed by atoms with E-state index in [4.69, 9.17) is 27.5 Å². The van der Waals surface area contributed by atoms with Gasteiger partial charge in [-0.05, 0) is 60.9 Å². The summed E-state index contributed by atoms with van der Waals surface area (Å²) in [6.07, 6.45) is 12.0. The molecule has 1 saturated heterocycles. The smallest absolute Gasteiger partial charge is 0.243 e. The van der Waals surface area contributed by atoms with Crippen molar-refractivity contribution in [3.8, 4) is 23.8 Å². The van der Waals surface area contributed by atoms with Crippen molar-refractivity contribution in [2.45, 2.75) is 30.6 Å². The number of terminal acetylenes is 1. The molecule has 0 spiro atoms. The van der Waals surface area contributed by atoms with E-state index < -0.39 is 10.0 Å². The molecule has 1 aliphatic heterocycles. The van der Waals surface area contributed by atoms with Crippen LogP contribution in [0.4, 0.5) is 0 Å². The average Bonchev–Trinajstić information content (AvgIpc) is 3.12. The third kappa shape index (κ3) is 6.17. The van der Waals surface area contributed by atoms with E-state index in [1.54, 1.807) is 18.2 Å². The van der Waals surface area contributed by atoms with Crippen LogP contribution < -0.4 is 9.47 Å². The first-order chi connectivity index (χ1) is 15.9. The number of halogens is 1. The molecule has 0 N–H and O–H groups in total. The molecule has 6 nitrogen and oxygen atoms in total. The second-order valence-electron chi connectivity index (χ2n) is 7.57. The first-order valence-electron chi connectivity index (χ1n) is 10.6. The minimum atomic E-state index is -3.56. The van der Waals surface area contributed by atoms with Crippen molar-refractivity contribution >= 4 is 33.5 Å². The molecule has 0 aliphatic carbocycles. The summed E-state index contributed by atoms with van der Waals surface area (Å²) in [6.45, 7) is 1.11. The van der Waals surface area contributed by atoms with Gasteiger partial charge in [-0.1, -0.05) is 36.4 Å². The van der Waals surface area contributed by atoms with Gasteiger partial charge in [-0.15, -0.1) is 6.42 Å². The molecule has 1 fully saturated rings. The maximum Gasteiger partial charge on any atom is 0.243 e. The third-order valence-electron chi connectivity index (χ3n) is 5.32. The summed E-state index contributed by atoms with van der Waals surface area (Å²) in [5, 5.41) is 0.305. The molecule has 0 atom stereocenters. The SMILES string of the molecule is C#CCOc1c(Cl)cc(C=CC(=O)c2ccc(S(=O)(=O)N3CCCCCC3)cc2)cc1OC. The van der Waals surface area contributed by atoms with E-state index in [0.29, 0.717) is 40.7 Å². The molecule has 0 bridgehead atoms. The van der Waals surface area contributed by atoms with Gasteiger partial charge in [-0.3, -0.25) is 4.79 Å². The highest BCUT2D eigenvalue weighted by Crippen LogP contribution is 2.36. The van der Waals surface area contributed by atoms with E-state index in [1.807, 2.05) is 0 Å². The summed E-state index contributed by atoms with van der Waals surface area (Å²) in [6, 6.07) is 9.34. The Morgan fingerprint density at radius 2 is 1.82 bits per heavy atom. The zero-order chi connectivity index (χ0) is 23.8. The highest BCUT2D eigenvalue weighted by Gasteiger charge is 2.25. The number of ketones is 1. The van der Waals surface area contributed by atoms with E-state index in [2.05, 4.69) is 5.92 Å². The predicted molar refractivity (Wildman–Crippen MR) is 129 cm³/mol. The highest BCUT2D eigenvalue weighted by molar-refractivity contribution is 7.89. The zero-order valence-corrected chi connectivity index (χ0v) is 20.0. The van der Waals surface area contributed by atoms with Crippen LogP contribution in [0.15, 0.2) is 47.4 Å². The number of rotatable bonds is 8. The lowest BCUT2D eigenvalue weighted by atomic mass is 10.1. The van der Waals surface area contributed by atoms with Crippen LogP contribution in [0.25, 0.3) is 6.08 Å². The van der Waals surface area contributed by atoms with Crippen LogP contribution in [0.5, 0.6) is 11.5 Å². The molecule has 1 heterocycles. The highest BCUT2D eigenvalue weighted by atomic mass is 35.5. The first kappa shape index (κ1) is 24.8. The Bertz CT molecular complexity index is 1160. The van der Waals surface area contributed by atoms with Crippen molar-refractivity contribution in [1.29, 1.82) is 0 Å². The van der Waals surface area contributed by atoms with Gasteiger partial charge in [-0.2, -0.15) is 4.31 Å². The zero-order valence-electron chi connectivity index (χ0n) is 18.4. The molecule has 2 aromatic carbocycles. The van der Waals surface area contributed by atoms with Crippen LogP contribution in [-0.2, 0) is 10.0 Å². The molecule has 0 amide bonds. The van der Waals surface area contributed by atoms with E-state index in [1.165, 1.54) is 41.8 Å². The Morgan fingerprint density at radius 1 is 1.15 bits per heavy atom. The molecule has 0 saturated carbocycles. The number of benzene rings is 2. The van der Waals surface area contributed by atoms with Crippen molar-refractivity contribution in [2.75, 3.05) is 26.8 Å². The number of carbonyl (C=O) groups excluding carboxylic acids is 1. The Labute approximate surface area is 200 Å². The molecule has 174 valence electrons. The summed E-state index contributed by atoms with van der Waals surface area (Å²) in [7, 11) is -2.07.